The third-order valence-electron chi connectivity index (χ3n) is 5.20. The Morgan fingerprint density at radius 2 is 1.54 bits per heavy atom. The lowest BCUT2D eigenvalue weighted by atomic mass is 9.83. The van der Waals surface area contributed by atoms with Crippen molar-refractivity contribution < 1.29 is 15.3 Å². The van der Waals surface area contributed by atoms with Crippen molar-refractivity contribution in [2.45, 2.75) is 37.5 Å². The highest BCUT2D eigenvalue weighted by molar-refractivity contribution is 5.28. The number of phenols is 1. The summed E-state index contributed by atoms with van der Waals surface area (Å²) in [6.45, 7) is 3.48. The van der Waals surface area contributed by atoms with Crippen molar-refractivity contribution in [3.63, 3.8) is 0 Å². The van der Waals surface area contributed by atoms with Crippen LogP contribution in [-0.2, 0) is 5.60 Å². The molecule has 1 fully saturated rings. The third kappa shape index (κ3) is 3.46. The number of rotatable bonds is 4. The fourth-order valence-corrected chi connectivity index (χ4v) is 3.49. The highest BCUT2D eigenvalue weighted by atomic mass is 16.3. The molecule has 3 N–H and O–H groups in total. The van der Waals surface area contributed by atoms with Gasteiger partial charge in [-0.1, -0.05) is 42.5 Å². The van der Waals surface area contributed by atoms with Gasteiger partial charge in [-0.25, -0.2) is 0 Å². The number of hydrogen-bond donors (Lipinski definition) is 3. The molecule has 0 aliphatic carbocycles. The van der Waals surface area contributed by atoms with Gasteiger partial charge in [-0.15, -0.1) is 0 Å². The molecule has 4 heteroatoms. The maximum absolute atomic E-state index is 10.9. The molecule has 2 unspecified atom stereocenters. The highest BCUT2D eigenvalue weighted by Gasteiger charge is 2.36. The van der Waals surface area contributed by atoms with Gasteiger partial charge in [0.05, 0.1) is 11.7 Å². The quantitative estimate of drug-likeness (QED) is 0.808. The fraction of sp³-hybridized carbons (Fsp3) is 0.400. The smallest absolute Gasteiger partial charge is 0.115 e. The number of aliphatic hydroxyl groups excluding tert-OH is 1. The van der Waals surface area contributed by atoms with Crippen LogP contribution in [-0.4, -0.2) is 39.4 Å². The lowest BCUT2D eigenvalue weighted by molar-refractivity contribution is -0.0501. The molecule has 2 aromatic rings. The van der Waals surface area contributed by atoms with Crippen LogP contribution in [0.4, 0.5) is 0 Å². The first-order valence-electron chi connectivity index (χ1n) is 8.48. The molecule has 0 spiro atoms. The summed E-state index contributed by atoms with van der Waals surface area (Å²) in [7, 11) is 0. The minimum Gasteiger partial charge on any atom is -0.508 e. The first kappa shape index (κ1) is 17.0. The van der Waals surface area contributed by atoms with E-state index in [2.05, 4.69) is 4.90 Å². The van der Waals surface area contributed by atoms with Crippen LogP contribution in [0.25, 0.3) is 0 Å². The molecule has 1 saturated heterocycles. The van der Waals surface area contributed by atoms with Crippen LogP contribution in [0, 0.1) is 0 Å². The van der Waals surface area contributed by atoms with Gasteiger partial charge in [0, 0.05) is 19.1 Å². The van der Waals surface area contributed by atoms with Crippen molar-refractivity contribution in [3.05, 3.63) is 65.7 Å². The summed E-state index contributed by atoms with van der Waals surface area (Å²) in [6.07, 6.45) is 0.696. The summed E-state index contributed by atoms with van der Waals surface area (Å²) >= 11 is 0. The first-order chi connectivity index (χ1) is 11.5. The Hall–Kier alpha value is -1.88. The second-order valence-corrected chi connectivity index (χ2v) is 6.71. The number of aromatic hydroxyl groups is 1. The van der Waals surface area contributed by atoms with E-state index in [4.69, 9.17) is 0 Å². The molecule has 4 nitrogen and oxygen atoms in total. The van der Waals surface area contributed by atoms with Crippen LogP contribution in [0.1, 0.15) is 37.0 Å². The van der Waals surface area contributed by atoms with Gasteiger partial charge < -0.3 is 15.3 Å². The van der Waals surface area contributed by atoms with E-state index in [1.54, 1.807) is 24.3 Å². The number of piperidine rings is 1. The summed E-state index contributed by atoms with van der Waals surface area (Å²) in [5.41, 5.74) is 0.988. The van der Waals surface area contributed by atoms with Crippen LogP contribution in [0.3, 0.4) is 0 Å². The molecule has 0 amide bonds. The number of likely N-dealkylation sites (tertiary alicyclic amines) is 1. The van der Waals surface area contributed by atoms with Crippen molar-refractivity contribution >= 4 is 0 Å². The largest absolute Gasteiger partial charge is 0.508 e. The predicted octanol–water partition coefficient (Wildman–Crippen LogP) is 2.80. The molecule has 1 heterocycles. The molecular formula is C20H25NO3. The molecule has 1 aliphatic rings. The summed E-state index contributed by atoms with van der Waals surface area (Å²) in [4.78, 5) is 2.22. The van der Waals surface area contributed by atoms with E-state index in [1.165, 1.54) is 0 Å². The normalized spacial score (nSPS) is 20.5. The maximum atomic E-state index is 10.9. The zero-order chi connectivity index (χ0) is 17.2. The Morgan fingerprint density at radius 3 is 2.12 bits per heavy atom. The maximum Gasteiger partial charge on any atom is 0.115 e. The van der Waals surface area contributed by atoms with Gasteiger partial charge in [-0.05, 0) is 43.0 Å². The zero-order valence-corrected chi connectivity index (χ0v) is 14.0. The molecule has 2 atom stereocenters. The van der Waals surface area contributed by atoms with Crippen molar-refractivity contribution in [2.75, 3.05) is 13.1 Å². The van der Waals surface area contributed by atoms with Gasteiger partial charge in [0.1, 0.15) is 5.75 Å². The average Bonchev–Trinajstić information content (AvgIpc) is 2.62. The molecule has 0 bridgehead atoms. The van der Waals surface area contributed by atoms with Gasteiger partial charge in [0.15, 0.2) is 0 Å². The minimum atomic E-state index is -0.777. The lowest BCUT2D eigenvalue weighted by Crippen LogP contribution is -2.47. The van der Waals surface area contributed by atoms with Crippen LogP contribution in [0.2, 0.25) is 0 Å². The van der Waals surface area contributed by atoms with Gasteiger partial charge in [0.25, 0.3) is 0 Å². The Balaban J connectivity index is 1.64. The van der Waals surface area contributed by atoms with Crippen molar-refractivity contribution in [3.8, 4) is 5.75 Å². The summed E-state index contributed by atoms with van der Waals surface area (Å²) in [5, 5.41) is 30.9. The minimum absolute atomic E-state index is 0.0464. The molecule has 1 aliphatic heterocycles. The lowest BCUT2D eigenvalue weighted by Gasteiger charge is -2.42. The summed E-state index contributed by atoms with van der Waals surface area (Å²) < 4.78 is 0. The first-order valence-corrected chi connectivity index (χ1v) is 8.48. The highest BCUT2D eigenvalue weighted by Crippen LogP contribution is 2.34. The molecule has 0 aromatic heterocycles. The monoisotopic (exact) mass is 327 g/mol. The molecule has 128 valence electrons. The van der Waals surface area contributed by atoms with E-state index in [1.807, 2.05) is 37.3 Å². The standard InChI is InChI=1S/C20H25NO3/c1-15(19(23)16-7-9-18(22)10-8-16)21-13-11-20(24,12-14-21)17-5-3-2-4-6-17/h2-10,15,19,22-24H,11-14H2,1H3. The molecule has 0 saturated carbocycles. The third-order valence-corrected chi connectivity index (χ3v) is 5.20. The van der Waals surface area contributed by atoms with E-state index >= 15 is 0 Å². The Kier molecular flexibility index (Phi) is 4.90. The van der Waals surface area contributed by atoms with Crippen molar-refractivity contribution in [2.24, 2.45) is 0 Å². The SMILES string of the molecule is CC(C(O)c1ccc(O)cc1)N1CCC(O)(c2ccccc2)CC1. The number of hydrogen-bond acceptors (Lipinski definition) is 4. The Labute approximate surface area is 143 Å². The number of benzene rings is 2. The van der Waals surface area contributed by atoms with Crippen LogP contribution < -0.4 is 0 Å². The molecule has 24 heavy (non-hydrogen) atoms. The molecule has 2 aromatic carbocycles. The Bertz CT molecular complexity index is 648. The van der Waals surface area contributed by atoms with Gasteiger partial charge in [0.2, 0.25) is 0 Å². The number of phenolic OH excluding ortho intramolecular Hbond substituents is 1. The van der Waals surface area contributed by atoms with Crippen molar-refractivity contribution in [1.82, 2.24) is 4.90 Å². The number of nitrogens with zero attached hydrogens (tertiary/aromatic N) is 1. The van der Waals surface area contributed by atoms with Gasteiger partial charge in [-0.2, -0.15) is 0 Å². The summed E-state index contributed by atoms with van der Waals surface area (Å²) in [6, 6.07) is 16.5. The van der Waals surface area contributed by atoms with E-state index in [9.17, 15) is 15.3 Å². The van der Waals surface area contributed by atoms with Crippen LogP contribution in [0.15, 0.2) is 54.6 Å². The second kappa shape index (κ2) is 6.93. The predicted molar refractivity (Wildman–Crippen MR) is 93.7 cm³/mol. The molecule has 3 rings (SSSR count). The van der Waals surface area contributed by atoms with Gasteiger partial charge in [-0.3, -0.25) is 4.90 Å². The van der Waals surface area contributed by atoms with E-state index in [0.717, 1.165) is 24.2 Å². The van der Waals surface area contributed by atoms with Gasteiger partial charge >= 0.3 is 0 Å². The summed E-state index contributed by atoms with van der Waals surface area (Å²) in [5.74, 6) is 0.199. The Morgan fingerprint density at radius 1 is 0.958 bits per heavy atom. The zero-order valence-electron chi connectivity index (χ0n) is 14.0. The van der Waals surface area contributed by atoms with Crippen LogP contribution >= 0.6 is 0 Å². The second-order valence-electron chi connectivity index (χ2n) is 6.71. The van der Waals surface area contributed by atoms with E-state index in [0.29, 0.717) is 12.8 Å². The van der Waals surface area contributed by atoms with Crippen molar-refractivity contribution in [1.29, 1.82) is 0 Å². The topological polar surface area (TPSA) is 63.9 Å². The molecule has 0 radical (unpaired) electrons. The average molecular weight is 327 g/mol. The van der Waals surface area contributed by atoms with E-state index in [-0.39, 0.29) is 11.8 Å². The fourth-order valence-electron chi connectivity index (χ4n) is 3.49. The molecular weight excluding hydrogens is 302 g/mol. The number of aliphatic hydroxyl groups is 2. The van der Waals surface area contributed by atoms with Crippen LogP contribution in [0.5, 0.6) is 5.75 Å². The van der Waals surface area contributed by atoms with E-state index < -0.39 is 11.7 Å².